The van der Waals surface area contributed by atoms with Gasteiger partial charge in [0.15, 0.2) is 0 Å². The number of alkyl halides is 1. The van der Waals surface area contributed by atoms with Crippen molar-refractivity contribution in [2.75, 3.05) is 24.6 Å². The third kappa shape index (κ3) is 5.51. The molecule has 2 unspecified atom stereocenters. The van der Waals surface area contributed by atoms with Crippen LogP contribution in [-0.2, 0) is 9.84 Å². The fourth-order valence-corrected chi connectivity index (χ4v) is 3.32. The minimum absolute atomic E-state index is 0.254. The molecule has 0 aromatic heterocycles. The van der Waals surface area contributed by atoms with Gasteiger partial charge < -0.3 is 5.32 Å². The van der Waals surface area contributed by atoms with Gasteiger partial charge in [0.2, 0.25) is 0 Å². The predicted octanol–water partition coefficient (Wildman–Crippen LogP) is 1.81. The molecule has 0 radical (unpaired) electrons. The molecular weight excluding hydrogens is 246 g/mol. The Bertz CT molecular complexity index is 292. The number of rotatable bonds is 7. The summed E-state index contributed by atoms with van der Waals surface area (Å²) in [4.78, 5) is 0. The molecule has 96 valence electrons. The summed E-state index contributed by atoms with van der Waals surface area (Å²) in [5.41, 5.74) is 0. The van der Waals surface area contributed by atoms with Gasteiger partial charge in [-0.25, -0.2) is 8.42 Å². The van der Waals surface area contributed by atoms with E-state index in [1.807, 2.05) is 0 Å². The van der Waals surface area contributed by atoms with Crippen LogP contribution in [0.15, 0.2) is 0 Å². The second-order valence-electron chi connectivity index (χ2n) is 4.57. The molecule has 3 nitrogen and oxygen atoms in total. The average molecular weight is 268 g/mol. The van der Waals surface area contributed by atoms with Crippen molar-refractivity contribution in [2.24, 2.45) is 5.92 Å². The van der Waals surface area contributed by atoms with Gasteiger partial charge in [0.25, 0.3) is 0 Å². The third-order valence-electron chi connectivity index (χ3n) is 3.16. The van der Waals surface area contributed by atoms with Crippen LogP contribution >= 0.6 is 11.6 Å². The van der Waals surface area contributed by atoms with Crippen LogP contribution in [0.2, 0.25) is 0 Å². The molecule has 0 spiro atoms. The summed E-state index contributed by atoms with van der Waals surface area (Å²) in [7, 11) is -2.79. The van der Waals surface area contributed by atoms with Crippen molar-refractivity contribution < 1.29 is 8.42 Å². The summed E-state index contributed by atoms with van der Waals surface area (Å²) in [6.07, 6.45) is 4.14. The van der Waals surface area contributed by atoms with Gasteiger partial charge in [-0.3, -0.25) is 0 Å². The van der Waals surface area contributed by atoms with Gasteiger partial charge in [0.05, 0.1) is 5.75 Å². The Morgan fingerprint density at radius 1 is 1.38 bits per heavy atom. The molecule has 0 aromatic carbocycles. The highest BCUT2D eigenvalue weighted by atomic mass is 35.5. The summed E-state index contributed by atoms with van der Waals surface area (Å²) < 4.78 is 22.4. The number of sulfone groups is 1. The highest BCUT2D eigenvalue weighted by Gasteiger charge is 2.22. The molecule has 1 rings (SSSR count). The van der Waals surface area contributed by atoms with E-state index in [1.165, 1.54) is 6.42 Å². The molecule has 0 amide bonds. The number of halogens is 1. The van der Waals surface area contributed by atoms with E-state index in [4.69, 9.17) is 11.6 Å². The summed E-state index contributed by atoms with van der Waals surface area (Å²) >= 11 is 6.02. The summed E-state index contributed by atoms with van der Waals surface area (Å²) in [6.45, 7) is 3.47. The van der Waals surface area contributed by atoms with E-state index in [1.54, 1.807) is 6.92 Å². The van der Waals surface area contributed by atoms with Crippen LogP contribution in [0.4, 0.5) is 0 Å². The van der Waals surface area contributed by atoms with Crippen molar-refractivity contribution in [3.8, 4) is 0 Å². The minimum atomic E-state index is -2.79. The largest absolute Gasteiger partial charge is 0.316 e. The SMILES string of the molecule is CCS(=O)(=O)CCCNCC1CCC(Cl)C1. The molecule has 0 saturated heterocycles. The van der Waals surface area contributed by atoms with Crippen LogP contribution in [0.5, 0.6) is 0 Å². The van der Waals surface area contributed by atoms with Crippen LogP contribution < -0.4 is 5.32 Å². The first-order valence-corrected chi connectivity index (χ1v) is 8.34. The lowest BCUT2D eigenvalue weighted by molar-refractivity contribution is 0.489. The zero-order chi connectivity index (χ0) is 12.0. The average Bonchev–Trinajstić information content (AvgIpc) is 2.64. The lowest BCUT2D eigenvalue weighted by Crippen LogP contribution is -2.24. The van der Waals surface area contributed by atoms with Crippen molar-refractivity contribution in [1.82, 2.24) is 5.32 Å². The van der Waals surface area contributed by atoms with E-state index in [2.05, 4.69) is 5.32 Å². The Morgan fingerprint density at radius 2 is 2.12 bits per heavy atom. The predicted molar refractivity (Wildman–Crippen MR) is 68.8 cm³/mol. The number of hydrogen-bond acceptors (Lipinski definition) is 3. The topological polar surface area (TPSA) is 46.2 Å². The lowest BCUT2D eigenvalue weighted by atomic mass is 10.1. The summed E-state index contributed by atoms with van der Waals surface area (Å²) in [5, 5.41) is 3.68. The second kappa shape index (κ2) is 6.82. The Hall–Kier alpha value is 0.200. The van der Waals surface area contributed by atoms with Gasteiger partial charge >= 0.3 is 0 Å². The van der Waals surface area contributed by atoms with Gasteiger partial charge in [0, 0.05) is 11.1 Å². The first kappa shape index (κ1) is 14.3. The van der Waals surface area contributed by atoms with Crippen LogP contribution in [-0.4, -0.2) is 38.4 Å². The third-order valence-corrected chi connectivity index (χ3v) is 5.35. The molecule has 1 aliphatic rings. The van der Waals surface area contributed by atoms with E-state index in [-0.39, 0.29) is 5.75 Å². The first-order chi connectivity index (χ1) is 7.53. The van der Waals surface area contributed by atoms with Crippen molar-refractivity contribution in [3.63, 3.8) is 0 Å². The van der Waals surface area contributed by atoms with Crippen molar-refractivity contribution in [1.29, 1.82) is 0 Å². The second-order valence-corrected chi connectivity index (χ2v) is 7.66. The Morgan fingerprint density at radius 3 is 2.69 bits per heavy atom. The maximum absolute atomic E-state index is 11.2. The van der Waals surface area contributed by atoms with Crippen LogP contribution in [0.3, 0.4) is 0 Å². The zero-order valence-corrected chi connectivity index (χ0v) is 11.5. The molecule has 0 bridgehead atoms. The fraction of sp³-hybridized carbons (Fsp3) is 1.00. The minimum Gasteiger partial charge on any atom is -0.316 e. The number of nitrogens with one attached hydrogen (secondary N) is 1. The molecule has 1 saturated carbocycles. The van der Waals surface area contributed by atoms with E-state index < -0.39 is 9.84 Å². The fourth-order valence-electron chi connectivity index (χ4n) is 2.07. The highest BCUT2D eigenvalue weighted by Crippen LogP contribution is 2.28. The molecule has 1 N–H and O–H groups in total. The maximum Gasteiger partial charge on any atom is 0.150 e. The van der Waals surface area contributed by atoms with Crippen LogP contribution in [0, 0.1) is 5.92 Å². The van der Waals surface area contributed by atoms with Crippen LogP contribution in [0.1, 0.15) is 32.6 Å². The molecule has 1 fully saturated rings. The van der Waals surface area contributed by atoms with Gasteiger partial charge in [0.1, 0.15) is 9.84 Å². The molecule has 5 heteroatoms. The van der Waals surface area contributed by atoms with E-state index in [0.29, 0.717) is 23.5 Å². The monoisotopic (exact) mass is 267 g/mol. The molecule has 0 aromatic rings. The van der Waals surface area contributed by atoms with Gasteiger partial charge in [-0.05, 0) is 44.7 Å². The quantitative estimate of drug-likeness (QED) is 0.565. The van der Waals surface area contributed by atoms with Gasteiger partial charge in [-0.1, -0.05) is 6.92 Å². The Kier molecular flexibility index (Phi) is 6.08. The van der Waals surface area contributed by atoms with Crippen molar-refractivity contribution in [2.45, 2.75) is 38.0 Å². The van der Waals surface area contributed by atoms with E-state index in [9.17, 15) is 8.42 Å². The molecule has 0 aliphatic heterocycles. The number of hydrogen-bond donors (Lipinski definition) is 1. The Labute approximate surface area is 104 Å². The molecular formula is C11H22ClNO2S. The Balaban J connectivity index is 2.00. The van der Waals surface area contributed by atoms with Crippen molar-refractivity contribution in [3.05, 3.63) is 0 Å². The van der Waals surface area contributed by atoms with E-state index in [0.717, 1.165) is 25.9 Å². The summed E-state index contributed by atoms with van der Waals surface area (Å²) in [5.74, 6) is 1.24. The van der Waals surface area contributed by atoms with Gasteiger partial charge in [-0.2, -0.15) is 0 Å². The standard InChI is InChI=1S/C11H22ClNO2S/c1-2-16(14,15)7-3-6-13-9-10-4-5-11(12)8-10/h10-11,13H,2-9H2,1H3. The van der Waals surface area contributed by atoms with E-state index >= 15 is 0 Å². The molecule has 1 aliphatic carbocycles. The summed E-state index contributed by atoms with van der Waals surface area (Å²) in [6, 6.07) is 0. The van der Waals surface area contributed by atoms with Gasteiger partial charge in [-0.15, -0.1) is 11.6 Å². The smallest absolute Gasteiger partial charge is 0.150 e. The maximum atomic E-state index is 11.2. The molecule has 16 heavy (non-hydrogen) atoms. The van der Waals surface area contributed by atoms with Crippen LogP contribution in [0.25, 0.3) is 0 Å². The zero-order valence-electron chi connectivity index (χ0n) is 9.91. The normalized spacial score (nSPS) is 26.1. The lowest BCUT2D eigenvalue weighted by Gasteiger charge is -2.10. The highest BCUT2D eigenvalue weighted by molar-refractivity contribution is 7.91. The van der Waals surface area contributed by atoms with Crippen molar-refractivity contribution >= 4 is 21.4 Å². The molecule has 2 atom stereocenters. The first-order valence-electron chi connectivity index (χ1n) is 6.08. The molecule has 0 heterocycles.